The van der Waals surface area contributed by atoms with Crippen molar-refractivity contribution < 1.29 is 18.1 Å². The molecule has 0 aromatic heterocycles. The van der Waals surface area contributed by atoms with Gasteiger partial charge in [0.15, 0.2) is 5.75 Å². The maximum absolute atomic E-state index is 12.8. The minimum Gasteiger partial charge on any atom is -0.490 e. The maximum Gasteiger partial charge on any atom is 0.312 e. The molecule has 1 fully saturated rings. The number of ether oxygens (including phenoxy) is 1. The molecule has 1 aliphatic rings. The van der Waals surface area contributed by atoms with Gasteiger partial charge in [0.05, 0.1) is 16.9 Å². The van der Waals surface area contributed by atoms with Gasteiger partial charge < -0.3 is 10.1 Å². The predicted octanol–water partition coefficient (Wildman–Crippen LogP) is 1.65. The number of methoxy groups -OCH3 is 1. The standard InChI is InChI=1S/C14H21N3O5S.ClH/c1-15-9-11-4-3-7-16(10-11)23(20,21)12-5-6-14(22-2)13(8-12)17(18)19;/h5-6,8,11,15H,3-4,7,9-10H2,1-2H3;1H. The first kappa shape index (κ1) is 20.6. The van der Waals surface area contributed by atoms with E-state index in [0.717, 1.165) is 25.5 Å². The van der Waals surface area contributed by atoms with E-state index in [9.17, 15) is 18.5 Å². The summed E-state index contributed by atoms with van der Waals surface area (Å²) in [5, 5.41) is 14.1. The van der Waals surface area contributed by atoms with Gasteiger partial charge in [0.25, 0.3) is 0 Å². The molecule has 1 saturated heterocycles. The third-order valence-corrected chi connectivity index (χ3v) is 5.82. The number of nitrogens with zero attached hydrogens (tertiary/aromatic N) is 2. The van der Waals surface area contributed by atoms with Gasteiger partial charge in [0, 0.05) is 19.2 Å². The van der Waals surface area contributed by atoms with Crippen molar-refractivity contribution in [3.8, 4) is 5.75 Å². The van der Waals surface area contributed by atoms with E-state index in [2.05, 4.69) is 5.32 Å². The molecule has 136 valence electrons. The molecule has 1 N–H and O–H groups in total. The van der Waals surface area contributed by atoms with Crippen molar-refractivity contribution in [2.45, 2.75) is 17.7 Å². The lowest BCUT2D eigenvalue weighted by molar-refractivity contribution is -0.386. The predicted molar refractivity (Wildman–Crippen MR) is 92.3 cm³/mol. The Labute approximate surface area is 147 Å². The minimum atomic E-state index is -3.75. The summed E-state index contributed by atoms with van der Waals surface area (Å²) in [5.41, 5.74) is -0.350. The van der Waals surface area contributed by atoms with Gasteiger partial charge in [-0.05, 0) is 44.5 Å². The van der Waals surface area contributed by atoms with Crippen LogP contribution in [0, 0.1) is 16.0 Å². The van der Waals surface area contributed by atoms with Crippen LogP contribution in [-0.4, -0.2) is 51.4 Å². The zero-order valence-electron chi connectivity index (χ0n) is 13.6. The summed E-state index contributed by atoms with van der Waals surface area (Å²) in [6.07, 6.45) is 1.75. The van der Waals surface area contributed by atoms with Crippen LogP contribution in [0.4, 0.5) is 5.69 Å². The van der Waals surface area contributed by atoms with Crippen molar-refractivity contribution in [3.05, 3.63) is 28.3 Å². The van der Waals surface area contributed by atoms with Crippen LogP contribution in [0.1, 0.15) is 12.8 Å². The second-order valence-corrected chi connectivity index (χ2v) is 7.46. The topological polar surface area (TPSA) is 102 Å². The Hall–Kier alpha value is -1.42. The molecule has 0 radical (unpaired) electrons. The summed E-state index contributed by atoms with van der Waals surface area (Å²) in [4.78, 5) is 10.4. The number of nitrogens with one attached hydrogen (secondary N) is 1. The first-order valence-electron chi connectivity index (χ1n) is 7.37. The van der Waals surface area contributed by atoms with Gasteiger partial charge in [-0.3, -0.25) is 10.1 Å². The molecule has 1 aromatic carbocycles. The van der Waals surface area contributed by atoms with E-state index in [1.165, 1.54) is 23.5 Å². The van der Waals surface area contributed by atoms with Gasteiger partial charge >= 0.3 is 5.69 Å². The molecule has 1 atom stereocenters. The largest absolute Gasteiger partial charge is 0.490 e. The number of benzene rings is 1. The third kappa shape index (κ3) is 4.35. The van der Waals surface area contributed by atoms with Gasteiger partial charge in [-0.1, -0.05) is 0 Å². The average molecular weight is 380 g/mol. The number of hydrogen-bond donors (Lipinski definition) is 1. The highest BCUT2D eigenvalue weighted by Gasteiger charge is 2.31. The molecule has 0 bridgehead atoms. The number of nitro groups is 1. The molecule has 1 aromatic rings. The molecule has 1 aliphatic heterocycles. The Morgan fingerprint density at radius 2 is 2.17 bits per heavy atom. The van der Waals surface area contributed by atoms with Crippen molar-refractivity contribution in [2.24, 2.45) is 5.92 Å². The molecule has 0 spiro atoms. The molecule has 1 heterocycles. The van der Waals surface area contributed by atoms with Crippen LogP contribution < -0.4 is 10.1 Å². The highest BCUT2D eigenvalue weighted by Crippen LogP contribution is 2.31. The smallest absolute Gasteiger partial charge is 0.312 e. The van der Waals surface area contributed by atoms with E-state index >= 15 is 0 Å². The summed E-state index contributed by atoms with van der Waals surface area (Å²) in [5.74, 6) is 0.289. The van der Waals surface area contributed by atoms with E-state index in [1.807, 2.05) is 7.05 Å². The summed E-state index contributed by atoms with van der Waals surface area (Å²) in [6, 6.07) is 3.73. The quantitative estimate of drug-likeness (QED) is 0.595. The van der Waals surface area contributed by atoms with Gasteiger partial charge in [-0.2, -0.15) is 4.31 Å². The Bertz CT molecular complexity index is 681. The number of nitro benzene ring substituents is 1. The molecule has 10 heteroatoms. The molecule has 0 amide bonds. The van der Waals surface area contributed by atoms with Crippen molar-refractivity contribution in [3.63, 3.8) is 0 Å². The van der Waals surface area contributed by atoms with Crippen molar-refractivity contribution >= 4 is 28.1 Å². The number of sulfonamides is 1. The fourth-order valence-corrected chi connectivity index (χ4v) is 4.40. The molecule has 8 nitrogen and oxygen atoms in total. The SMILES string of the molecule is CNCC1CCCN(S(=O)(=O)c2ccc(OC)c([N+](=O)[O-])c2)C1.Cl. The first-order valence-corrected chi connectivity index (χ1v) is 8.81. The normalized spacial score (nSPS) is 18.7. The van der Waals surface area contributed by atoms with Crippen molar-refractivity contribution in [1.29, 1.82) is 0 Å². The highest BCUT2D eigenvalue weighted by atomic mass is 35.5. The van der Waals surface area contributed by atoms with E-state index < -0.39 is 14.9 Å². The zero-order chi connectivity index (χ0) is 17.0. The van der Waals surface area contributed by atoms with E-state index in [4.69, 9.17) is 4.74 Å². The van der Waals surface area contributed by atoms with E-state index in [1.54, 1.807) is 0 Å². The maximum atomic E-state index is 12.8. The lowest BCUT2D eigenvalue weighted by Crippen LogP contribution is -2.42. The third-order valence-electron chi connectivity index (χ3n) is 3.96. The zero-order valence-corrected chi connectivity index (χ0v) is 15.2. The Kier molecular flexibility index (Phi) is 7.40. The van der Waals surface area contributed by atoms with Crippen LogP contribution in [0.25, 0.3) is 0 Å². The summed E-state index contributed by atoms with van der Waals surface area (Å²) in [6.45, 7) is 1.60. The lowest BCUT2D eigenvalue weighted by atomic mass is 10.00. The molecule has 1 unspecified atom stereocenters. The minimum absolute atomic E-state index is 0. The molecular weight excluding hydrogens is 358 g/mol. The molecule has 2 rings (SSSR count). The average Bonchev–Trinajstić information content (AvgIpc) is 2.54. The second-order valence-electron chi connectivity index (χ2n) is 5.52. The molecule has 0 aliphatic carbocycles. The van der Waals surface area contributed by atoms with Crippen LogP contribution >= 0.6 is 12.4 Å². The highest BCUT2D eigenvalue weighted by molar-refractivity contribution is 7.89. The van der Waals surface area contributed by atoms with E-state index in [-0.39, 0.29) is 34.7 Å². The van der Waals surface area contributed by atoms with Gasteiger partial charge in [-0.15, -0.1) is 12.4 Å². The van der Waals surface area contributed by atoms with Gasteiger partial charge in [-0.25, -0.2) is 8.42 Å². The summed E-state index contributed by atoms with van der Waals surface area (Å²) >= 11 is 0. The monoisotopic (exact) mass is 379 g/mol. The first-order chi connectivity index (χ1) is 10.9. The van der Waals surface area contributed by atoms with Crippen LogP contribution in [0.15, 0.2) is 23.1 Å². The number of halogens is 1. The number of hydrogen-bond acceptors (Lipinski definition) is 6. The Morgan fingerprint density at radius 3 is 2.75 bits per heavy atom. The summed E-state index contributed by atoms with van der Waals surface area (Å²) < 4.78 is 31.8. The van der Waals surface area contributed by atoms with Gasteiger partial charge in [0.1, 0.15) is 0 Å². The van der Waals surface area contributed by atoms with Crippen LogP contribution in [0.5, 0.6) is 5.75 Å². The number of piperidine rings is 1. The molecule has 0 saturated carbocycles. The van der Waals surface area contributed by atoms with Crippen molar-refractivity contribution in [1.82, 2.24) is 9.62 Å². The van der Waals surface area contributed by atoms with E-state index in [0.29, 0.717) is 13.1 Å². The Morgan fingerprint density at radius 1 is 1.46 bits per heavy atom. The van der Waals surface area contributed by atoms with Crippen LogP contribution in [0.3, 0.4) is 0 Å². The second kappa shape index (κ2) is 8.61. The van der Waals surface area contributed by atoms with Gasteiger partial charge in [0.2, 0.25) is 10.0 Å². The fourth-order valence-electron chi connectivity index (χ4n) is 2.82. The van der Waals surface area contributed by atoms with Crippen molar-refractivity contribution in [2.75, 3.05) is 33.8 Å². The van der Waals surface area contributed by atoms with Crippen LogP contribution in [-0.2, 0) is 10.0 Å². The Balaban J connectivity index is 0.00000288. The number of rotatable bonds is 6. The summed E-state index contributed by atoms with van der Waals surface area (Å²) in [7, 11) is -0.606. The molecular formula is C14H22ClN3O5S. The van der Waals surface area contributed by atoms with Crippen LogP contribution in [0.2, 0.25) is 0 Å². The molecule has 24 heavy (non-hydrogen) atoms. The lowest BCUT2D eigenvalue weighted by Gasteiger charge is -2.31. The fraction of sp³-hybridized carbons (Fsp3) is 0.571.